The largest absolute Gasteiger partial charge is 0.491 e. The maximum Gasteiger partial charge on any atom is 0.246 e. The molecule has 0 fully saturated rings. The highest BCUT2D eigenvalue weighted by Crippen LogP contribution is 2.54. The highest BCUT2D eigenvalue weighted by molar-refractivity contribution is 6.14. The zero-order valence-electron chi connectivity index (χ0n) is 14.3. The molecule has 1 atom stereocenters. The number of oxime groups is 1. The van der Waals surface area contributed by atoms with Crippen LogP contribution in [-0.4, -0.2) is 43.3 Å². The van der Waals surface area contributed by atoms with Crippen molar-refractivity contribution in [2.24, 2.45) is 10.9 Å². The predicted octanol–water partition coefficient (Wildman–Crippen LogP) is 1.23. The van der Waals surface area contributed by atoms with Crippen LogP contribution in [0.5, 0.6) is 17.2 Å². The zero-order chi connectivity index (χ0) is 18.6. The Morgan fingerprint density at radius 3 is 2.63 bits per heavy atom. The summed E-state index contributed by atoms with van der Waals surface area (Å²) in [4.78, 5) is 15.1. The number of anilines is 1. The van der Waals surface area contributed by atoms with Crippen molar-refractivity contribution in [1.82, 2.24) is 0 Å². The third-order valence-electron chi connectivity index (χ3n) is 5.26. The molecule has 1 amide bonds. The number of hydrogen-bond donors (Lipinski definition) is 2. The van der Waals surface area contributed by atoms with Crippen LogP contribution in [0.3, 0.4) is 0 Å². The van der Waals surface area contributed by atoms with Crippen LogP contribution in [0, 0.1) is 0 Å². The summed E-state index contributed by atoms with van der Waals surface area (Å²) in [7, 11) is 0. The first kappa shape index (κ1) is 15.8. The summed E-state index contributed by atoms with van der Waals surface area (Å²) in [5.41, 5.74) is 6.99. The first-order valence-corrected chi connectivity index (χ1v) is 8.60. The summed E-state index contributed by atoms with van der Waals surface area (Å²) in [5, 5.41) is 12.0. The van der Waals surface area contributed by atoms with Crippen molar-refractivity contribution in [1.29, 1.82) is 0 Å². The summed E-state index contributed by atoms with van der Waals surface area (Å²) in [6.07, 6.45) is 0. The van der Waals surface area contributed by atoms with E-state index in [4.69, 9.17) is 25.2 Å². The molecule has 2 aromatic carbocycles. The fourth-order valence-electron chi connectivity index (χ4n) is 4.06. The second-order valence-corrected chi connectivity index (χ2v) is 6.69. The van der Waals surface area contributed by atoms with Gasteiger partial charge in [0.1, 0.15) is 31.0 Å². The van der Waals surface area contributed by atoms with Gasteiger partial charge in [0.2, 0.25) is 5.91 Å². The minimum absolute atomic E-state index is 0.00597. The van der Waals surface area contributed by atoms with Crippen LogP contribution < -0.4 is 24.8 Å². The Morgan fingerprint density at radius 1 is 1.11 bits per heavy atom. The molecular weight excluding hydrogens is 350 g/mol. The second-order valence-electron chi connectivity index (χ2n) is 6.69. The monoisotopic (exact) mass is 367 g/mol. The lowest BCUT2D eigenvalue weighted by Crippen LogP contribution is -2.45. The first-order chi connectivity index (χ1) is 13.1. The van der Waals surface area contributed by atoms with Gasteiger partial charge in [0, 0.05) is 17.3 Å². The molecule has 27 heavy (non-hydrogen) atoms. The number of para-hydroxylation sites is 1. The molecule has 5 rings (SSSR count). The number of amidine groups is 1. The van der Waals surface area contributed by atoms with Gasteiger partial charge in [0.05, 0.1) is 6.54 Å². The summed E-state index contributed by atoms with van der Waals surface area (Å²) in [6, 6.07) is 11.1. The van der Waals surface area contributed by atoms with Gasteiger partial charge in [-0.1, -0.05) is 23.4 Å². The number of hydrogen-bond acceptors (Lipinski definition) is 6. The van der Waals surface area contributed by atoms with Crippen LogP contribution in [0.25, 0.3) is 0 Å². The number of rotatable bonds is 2. The second kappa shape index (κ2) is 5.54. The number of nitrogens with zero attached hydrogens (tertiary/aromatic N) is 2. The molecule has 0 saturated carbocycles. The molecule has 8 heteroatoms. The lowest BCUT2D eigenvalue weighted by molar-refractivity contribution is -0.121. The summed E-state index contributed by atoms with van der Waals surface area (Å²) in [5.74, 6) is 1.60. The van der Waals surface area contributed by atoms with Crippen LogP contribution in [0.4, 0.5) is 5.69 Å². The third-order valence-corrected chi connectivity index (χ3v) is 5.26. The van der Waals surface area contributed by atoms with Crippen LogP contribution in [0.2, 0.25) is 0 Å². The van der Waals surface area contributed by atoms with E-state index in [9.17, 15) is 4.79 Å². The quantitative estimate of drug-likeness (QED) is 0.358. The molecule has 138 valence electrons. The van der Waals surface area contributed by atoms with E-state index in [1.165, 1.54) is 4.90 Å². The topological polar surface area (TPSA) is 107 Å². The van der Waals surface area contributed by atoms with E-state index >= 15 is 0 Å². The number of nitrogens with two attached hydrogens (primary N) is 1. The number of carbonyl (C=O) groups excluding carboxylic acids is 1. The maximum absolute atomic E-state index is 13.6. The van der Waals surface area contributed by atoms with Gasteiger partial charge < -0.3 is 30.1 Å². The molecule has 0 saturated heterocycles. The molecule has 3 N–H and O–H groups in total. The Hall–Kier alpha value is -3.42. The Labute approximate surface area is 154 Å². The Morgan fingerprint density at radius 2 is 1.85 bits per heavy atom. The first-order valence-electron chi connectivity index (χ1n) is 8.60. The van der Waals surface area contributed by atoms with Gasteiger partial charge in [0.25, 0.3) is 0 Å². The van der Waals surface area contributed by atoms with Crippen LogP contribution in [0.1, 0.15) is 11.1 Å². The Bertz CT molecular complexity index is 989. The molecular formula is C19H17N3O5. The van der Waals surface area contributed by atoms with E-state index in [1.54, 1.807) is 6.07 Å². The fraction of sp³-hybridized carbons (Fsp3) is 0.263. The number of carbonyl (C=O) groups is 1. The van der Waals surface area contributed by atoms with Gasteiger partial charge in [-0.25, -0.2) is 0 Å². The molecule has 1 unspecified atom stereocenters. The zero-order valence-corrected chi connectivity index (χ0v) is 14.3. The summed E-state index contributed by atoms with van der Waals surface area (Å²) < 4.78 is 17.2. The third kappa shape index (κ3) is 2.03. The van der Waals surface area contributed by atoms with Crippen molar-refractivity contribution in [2.45, 2.75) is 5.41 Å². The van der Waals surface area contributed by atoms with Crippen LogP contribution >= 0.6 is 0 Å². The van der Waals surface area contributed by atoms with Gasteiger partial charge in [-0.05, 0) is 17.7 Å². The van der Waals surface area contributed by atoms with Crippen LogP contribution in [0.15, 0.2) is 41.6 Å². The van der Waals surface area contributed by atoms with Gasteiger partial charge >= 0.3 is 0 Å². The van der Waals surface area contributed by atoms with Gasteiger partial charge in [0.15, 0.2) is 17.3 Å². The van der Waals surface area contributed by atoms with Crippen LogP contribution in [-0.2, 0) is 10.2 Å². The van der Waals surface area contributed by atoms with Crippen molar-refractivity contribution in [3.63, 3.8) is 0 Å². The molecule has 0 radical (unpaired) electrons. The molecule has 3 heterocycles. The SMILES string of the molecule is NC(CN1C(=O)C2(COc3cc4c(cc32)OCCO4)c2ccccc21)=NO. The molecule has 0 aromatic heterocycles. The lowest BCUT2D eigenvalue weighted by Gasteiger charge is -2.24. The van der Waals surface area contributed by atoms with E-state index in [-0.39, 0.29) is 24.9 Å². The molecule has 3 aliphatic heterocycles. The molecule has 0 bridgehead atoms. The summed E-state index contributed by atoms with van der Waals surface area (Å²) in [6.45, 7) is 1.10. The number of fused-ring (bicyclic) bond motifs is 5. The van der Waals surface area contributed by atoms with E-state index in [0.29, 0.717) is 30.5 Å². The highest BCUT2D eigenvalue weighted by Gasteiger charge is 2.57. The minimum atomic E-state index is -0.989. The Kier molecular flexibility index (Phi) is 3.24. The minimum Gasteiger partial charge on any atom is -0.491 e. The molecule has 3 aliphatic rings. The van der Waals surface area contributed by atoms with Crippen molar-refractivity contribution >= 4 is 17.4 Å². The van der Waals surface area contributed by atoms with Gasteiger partial charge in [-0.2, -0.15) is 0 Å². The number of ether oxygens (including phenoxy) is 3. The number of benzene rings is 2. The van der Waals surface area contributed by atoms with Crippen molar-refractivity contribution < 1.29 is 24.2 Å². The smallest absolute Gasteiger partial charge is 0.246 e. The van der Waals surface area contributed by atoms with E-state index in [0.717, 1.165) is 16.8 Å². The average Bonchev–Trinajstić information content (AvgIpc) is 3.19. The highest BCUT2D eigenvalue weighted by atomic mass is 16.6. The summed E-state index contributed by atoms with van der Waals surface area (Å²) >= 11 is 0. The Balaban J connectivity index is 1.69. The van der Waals surface area contributed by atoms with Gasteiger partial charge in [-0.15, -0.1) is 0 Å². The van der Waals surface area contributed by atoms with Crippen molar-refractivity contribution in [3.8, 4) is 17.2 Å². The average molecular weight is 367 g/mol. The van der Waals surface area contributed by atoms with E-state index in [2.05, 4.69) is 5.16 Å². The molecule has 2 aromatic rings. The number of amides is 1. The molecule has 8 nitrogen and oxygen atoms in total. The normalized spacial score (nSPS) is 22.6. The van der Waals surface area contributed by atoms with E-state index in [1.807, 2.05) is 30.3 Å². The molecule has 1 spiro atoms. The van der Waals surface area contributed by atoms with Gasteiger partial charge in [-0.3, -0.25) is 4.79 Å². The predicted molar refractivity (Wildman–Crippen MR) is 95.9 cm³/mol. The lowest BCUT2D eigenvalue weighted by atomic mass is 9.77. The van der Waals surface area contributed by atoms with Crippen molar-refractivity contribution in [2.75, 3.05) is 31.3 Å². The van der Waals surface area contributed by atoms with E-state index < -0.39 is 5.41 Å². The molecule has 0 aliphatic carbocycles. The maximum atomic E-state index is 13.6. The van der Waals surface area contributed by atoms with Crippen molar-refractivity contribution in [3.05, 3.63) is 47.5 Å². The standard InChI is InChI=1S/C19H17N3O5/c20-17(21-24)9-22-13-4-2-1-3-11(13)19(18(22)23)10-27-14-8-16-15(7-12(14)19)25-5-6-26-16/h1-4,7-8,24H,5-6,9-10H2,(H2,20,21). The fourth-order valence-corrected chi connectivity index (χ4v) is 4.06.